The Balaban J connectivity index is 1.89. The van der Waals surface area contributed by atoms with Crippen molar-refractivity contribution in [2.24, 2.45) is 0 Å². The summed E-state index contributed by atoms with van der Waals surface area (Å²) in [6, 6.07) is 3.99. The van der Waals surface area contributed by atoms with Gasteiger partial charge in [-0.1, -0.05) is 19.3 Å². The Morgan fingerprint density at radius 2 is 2.09 bits per heavy atom. The summed E-state index contributed by atoms with van der Waals surface area (Å²) >= 11 is 0. The molecule has 1 atom stereocenters. The molecule has 1 unspecified atom stereocenters. The van der Waals surface area contributed by atoms with Crippen LogP contribution < -0.4 is 4.74 Å². The zero-order chi connectivity index (χ0) is 15.5. The maximum absolute atomic E-state index is 13.0. The van der Waals surface area contributed by atoms with Crippen molar-refractivity contribution in [3.63, 3.8) is 0 Å². The molecule has 1 aliphatic carbocycles. The van der Waals surface area contributed by atoms with E-state index >= 15 is 0 Å². The summed E-state index contributed by atoms with van der Waals surface area (Å²) in [6.45, 7) is 1.44. The highest BCUT2D eigenvalue weighted by molar-refractivity contribution is 5.96. The Morgan fingerprint density at radius 3 is 2.82 bits per heavy atom. The molecule has 120 valence electrons. The lowest BCUT2D eigenvalue weighted by Crippen LogP contribution is -2.47. The smallest absolute Gasteiger partial charge is 0.259 e. The van der Waals surface area contributed by atoms with Gasteiger partial charge in [-0.15, -0.1) is 0 Å². The van der Waals surface area contributed by atoms with Crippen LogP contribution in [0.25, 0.3) is 0 Å². The highest BCUT2D eigenvalue weighted by atomic mass is 16.5. The number of carbonyl (C=O) groups is 1. The third-order valence-corrected chi connectivity index (χ3v) is 4.53. The minimum atomic E-state index is -0.0305. The maximum Gasteiger partial charge on any atom is 0.259 e. The molecule has 2 aliphatic rings. The predicted octanol–water partition coefficient (Wildman–Crippen LogP) is 2.18. The fourth-order valence-corrected chi connectivity index (χ4v) is 3.51. The van der Waals surface area contributed by atoms with Gasteiger partial charge in [-0.05, 0) is 39.1 Å². The molecular formula is C17H25N3O2. The fourth-order valence-electron chi connectivity index (χ4n) is 3.51. The van der Waals surface area contributed by atoms with Gasteiger partial charge in [0.1, 0.15) is 11.7 Å². The van der Waals surface area contributed by atoms with E-state index < -0.39 is 0 Å². The molecule has 1 aliphatic heterocycles. The van der Waals surface area contributed by atoms with Crippen molar-refractivity contribution in [3.05, 3.63) is 23.9 Å². The summed E-state index contributed by atoms with van der Waals surface area (Å²) in [5.41, 5.74) is 0.606. The molecule has 0 spiro atoms. The van der Waals surface area contributed by atoms with Crippen LogP contribution >= 0.6 is 0 Å². The summed E-state index contributed by atoms with van der Waals surface area (Å²) in [4.78, 5) is 21.4. The van der Waals surface area contributed by atoms with Crippen LogP contribution in [-0.2, 0) is 0 Å². The van der Waals surface area contributed by atoms with Gasteiger partial charge in [0.15, 0.2) is 0 Å². The SMILES string of the molecule is CN(C)CC1CN(C2CCCCC2)C(=O)c2cccnc2O1. The lowest BCUT2D eigenvalue weighted by Gasteiger charge is -2.35. The van der Waals surface area contributed by atoms with Crippen molar-refractivity contribution >= 4 is 5.91 Å². The van der Waals surface area contributed by atoms with Gasteiger partial charge in [0, 0.05) is 18.8 Å². The first-order valence-electron chi connectivity index (χ1n) is 8.22. The van der Waals surface area contributed by atoms with Crippen LogP contribution in [-0.4, -0.2) is 60.0 Å². The summed E-state index contributed by atoms with van der Waals surface area (Å²) in [5, 5.41) is 0. The molecular weight excluding hydrogens is 278 g/mol. The van der Waals surface area contributed by atoms with Crippen LogP contribution in [0.4, 0.5) is 0 Å². The van der Waals surface area contributed by atoms with E-state index in [1.165, 1.54) is 19.3 Å². The van der Waals surface area contributed by atoms with Gasteiger partial charge in [-0.3, -0.25) is 4.79 Å². The molecule has 3 rings (SSSR count). The van der Waals surface area contributed by atoms with Crippen LogP contribution in [0.1, 0.15) is 42.5 Å². The molecule has 1 aromatic heterocycles. The van der Waals surface area contributed by atoms with Crippen LogP contribution in [0.5, 0.6) is 5.88 Å². The van der Waals surface area contributed by atoms with Crippen LogP contribution in [0.3, 0.4) is 0 Å². The Kier molecular flexibility index (Phi) is 4.62. The molecule has 0 N–H and O–H groups in total. The van der Waals surface area contributed by atoms with Crippen molar-refractivity contribution in [2.45, 2.75) is 44.2 Å². The normalized spacial score (nSPS) is 23.1. The zero-order valence-electron chi connectivity index (χ0n) is 13.5. The number of carbonyl (C=O) groups excluding carboxylic acids is 1. The lowest BCUT2D eigenvalue weighted by atomic mass is 9.93. The average Bonchev–Trinajstić information content (AvgIpc) is 2.65. The second-order valence-corrected chi connectivity index (χ2v) is 6.61. The number of hydrogen-bond acceptors (Lipinski definition) is 4. The van der Waals surface area contributed by atoms with Crippen molar-refractivity contribution in [2.75, 3.05) is 27.2 Å². The Hall–Kier alpha value is -1.62. The minimum Gasteiger partial charge on any atom is -0.471 e. The third kappa shape index (κ3) is 3.24. The first-order chi connectivity index (χ1) is 10.6. The van der Waals surface area contributed by atoms with Gasteiger partial charge in [-0.2, -0.15) is 0 Å². The number of pyridine rings is 1. The minimum absolute atomic E-state index is 0.0305. The fraction of sp³-hybridized carbons (Fsp3) is 0.647. The average molecular weight is 303 g/mol. The van der Waals surface area contributed by atoms with Crippen molar-refractivity contribution in [1.82, 2.24) is 14.8 Å². The van der Waals surface area contributed by atoms with Gasteiger partial charge in [0.2, 0.25) is 5.88 Å². The first kappa shape index (κ1) is 15.3. The summed E-state index contributed by atoms with van der Waals surface area (Å²) in [5.74, 6) is 0.564. The molecule has 5 heteroatoms. The highest BCUT2D eigenvalue weighted by Gasteiger charge is 2.34. The van der Waals surface area contributed by atoms with E-state index in [9.17, 15) is 4.79 Å². The third-order valence-electron chi connectivity index (χ3n) is 4.53. The topological polar surface area (TPSA) is 45.7 Å². The number of rotatable bonds is 3. The predicted molar refractivity (Wildman–Crippen MR) is 85.1 cm³/mol. The van der Waals surface area contributed by atoms with Gasteiger partial charge in [0.25, 0.3) is 5.91 Å². The van der Waals surface area contributed by atoms with Crippen molar-refractivity contribution < 1.29 is 9.53 Å². The molecule has 22 heavy (non-hydrogen) atoms. The van der Waals surface area contributed by atoms with Gasteiger partial charge in [-0.25, -0.2) is 4.98 Å². The summed E-state index contributed by atoms with van der Waals surface area (Å²) in [7, 11) is 4.06. The number of nitrogens with zero attached hydrogens (tertiary/aromatic N) is 3. The second-order valence-electron chi connectivity index (χ2n) is 6.61. The van der Waals surface area contributed by atoms with Gasteiger partial charge >= 0.3 is 0 Å². The van der Waals surface area contributed by atoms with E-state index in [-0.39, 0.29) is 12.0 Å². The Labute approximate surface area is 132 Å². The zero-order valence-corrected chi connectivity index (χ0v) is 13.5. The number of likely N-dealkylation sites (N-methyl/N-ethyl adjacent to an activating group) is 1. The maximum atomic E-state index is 13.0. The van der Waals surface area contributed by atoms with E-state index in [1.807, 2.05) is 31.1 Å². The van der Waals surface area contributed by atoms with E-state index in [4.69, 9.17) is 4.74 Å². The number of ether oxygens (including phenoxy) is 1. The number of aromatic nitrogens is 1. The highest BCUT2D eigenvalue weighted by Crippen LogP contribution is 2.29. The van der Waals surface area contributed by atoms with E-state index in [2.05, 4.69) is 9.88 Å². The largest absolute Gasteiger partial charge is 0.471 e. The molecule has 1 amide bonds. The molecule has 5 nitrogen and oxygen atoms in total. The second kappa shape index (κ2) is 6.65. The molecule has 1 aromatic rings. The number of amides is 1. The molecule has 1 fully saturated rings. The Morgan fingerprint density at radius 1 is 1.32 bits per heavy atom. The first-order valence-corrected chi connectivity index (χ1v) is 8.22. The summed E-state index contributed by atoms with van der Waals surface area (Å²) < 4.78 is 6.04. The van der Waals surface area contributed by atoms with Crippen LogP contribution in [0.15, 0.2) is 18.3 Å². The number of hydrogen-bond donors (Lipinski definition) is 0. The Bertz CT molecular complexity index is 526. The van der Waals surface area contributed by atoms with E-state index in [0.717, 1.165) is 19.4 Å². The quantitative estimate of drug-likeness (QED) is 0.858. The van der Waals surface area contributed by atoms with Crippen LogP contribution in [0, 0.1) is 0 Å². The molecule has 2 heterocycles. The van der Waals surface area contributed by atoms with Crippen molar-refractivity contribution in [1.29, 1.82) is 0 Å². The molecule has 0 radical (unpaired) electrons. The van der Waals surface area contributed by atoms with Gasteiger partial charge in [0.05, 0.1) is 6.54 Å². The van der Waals surface area contributed by atoms with Gasteiger partial charge < -0.3 is 14.5 Å². The summed E-state index contributed by atoms with van der Waals surface area (Å²) in [6.07, 6.45) is 7.59. The standard InChI is InChI=1S/C17H25N3O2/c1-19(2)11-14-12-20(13-7-4-3-5-8-13)17(21)15-9-6-10-18-16(15)22-14/h6,9-10,13-14H,3-5,7-8,11-12H2,1-2H3. The lowest BCUT2D eigenvalue weighted by molar-refractivity contribution is 0.0523. The molecule has 1 saturated carbocycles. The van der Waals surface area contributed by atoms with E-state index in [0.29, 0.717) is 24.0 Å². The van der Waals surface area contributed by atoms with E-state index in [1.54, 1.807) is 6.20 Å². The van der Waals surface area contributed by atoms with Crippen molar-refractivity contribution in [3.8, 4) is 5.88 Å². The molecule has 0 bridgehead atoms. The van der Waals surface area contributed by atoms with Crippen LogP contribution in [0.2, 0.25) is 0 Å². The number of fused-ring (bicyclic) bond motifs is 1. The molecule has 0 aromatic carbocycles. The molecule has 0 saturated heterocycles. The monoisotopic (exact) mass is 303 g/mol.